The number of hydrogen-bond donors (Lipinski definition) is 1. The average Bonchev–Trinajstić information content (AvgIpc) is 2.45. The minimum Gasteiger partial charge on any atom is -0.493 e. The lowest BCUT2D eigenvalue weighted by atomic mass is 9.83. The fourth-order valence-electron chi connectivity index (χ4n) is 2.29. The van der Waals surface area contributed by atoms with E-state index >= 15 is 0 Å². The van der Waals surface area contributed by atoms with Crippen LogP contribution in [-0.2, 0) is 6.42 Å². The summed E-state index contributed by atoms with van der Waals surface area (Å²) in [6, 6.07) is 3.82. The molecule has 0 spiro atoms. The van der Waals surface area contributed by atoms with E-state index in [4.69, 9.17) is 21.1 Å². The van der Waals surface area contributed by atoms with Gasteiger partial charge in [-0.15, -0.1) is 0 Å². The van der Waals surface area contributed by atoms with Gasteiger partial charge in [0, 0.05) is 11.1 Å². The maximum atomic E-state index is 6.34. The summed E-state index contributed by atoms with van der Waals surface area (Å²) in [4.78, 5) is 0. The molecule has 0 fully saturated rings. The fraction of sp³-hybridized carbons (Fsp3) is 0.647. The van der Waals surface area contributed by atoms with Gasteiger partial charge in [-0.25, -0.2) is 0 Å². The molecule has 0 aliphatic heterocycles. The Balaban J connectivity index is 2.70. The summed E-state index contributed by atoms with van der Waals surface area (Å²) in [5, 5.41) is 4.13. The normalized spacial score (nSPS) is 11.5. The molecule has 1 aromatic carbocycles. The second-order valence-corrected chi connectivity index (χ2v) is 6.47. The Morgan fingerprint density at radius 3 is 2.29 bits per heavy atom. The first kappa shape index (κ1) is 18.1. The molecule has 3 nitrogen and oxygen atoms in total. The molecule has 1 aromatic rings. The number of ether oxygens (including phenoxy) is 2. The van der Waals surface area contributed by atoms with Crippen LogP contribution in [0.2, 0.25) is 5.02 Å². The molecular weight excluding hydrogens is 286 g/mol. The smallest absolute Gasteiger partial charge is 0.162 e. The number of rotatable bonds is 9. The second kappa shape index (κ2) is 8.50. The molecule has 0 amide bonds. The summed E-state index contributed by atoms with van der Waals surface area (Å²) in [6.45, 7) is 8.83. The first-order valence-electron chi connectivity index (χ1n) is 7.54. The minimum atomic E-state index is 0.290. The Labute approximate surface area is 134 Å². The van der Waals surface area contributed by atoms with Crippen LogP contribution in [0.3, 0.4) is 0 Å². The number of benzene rings is 1. The molecule has 4 heteroatoms. The first-order chi connectivity index (χ1) is 9.93. The summed E-state index contributed by atoms with van der Waals surface area (Å²) in [7, 11) is 3.27. The Bertz CT molecular complexity index is 447. The summed E-state index contributed by atoms with van der Waals surface area (Å²) in [5.41, 5.74) is 1.41. The number of halogens is 1. The summed E-state index contributed by atoms with van der Waals surface area (Å²) >= 11 is 6.34. The second-order valence-electron chi connectivity index (χ2n) is 6.07. The Morgan fingerprint density at radius 2 is 1.71 bits per heavy atom. The van der Waals surface area contributed by atoms with Crippen molar-refractivity contribution >= 4 is 11.6 Å². The molecule has 0 unspecified atom stereocenters. The van der Waals surface area contributed by atoms with Crippen LogP contribution in [0, 0.1) is 5.41 Å². The first-order valence-corrected chi connectivity index (χ1v) is 7.92. The van der Waals surface area contributed by atoms with E-state index in [2.05, 4.69) is 26.1 Å². The SMILES string of the molecule is CCNCCC(C)(C)CCc1cc(OC)c(OC)cc1Cl. The van der Waals surface area contributed by atoms with Crippen molar-refractivity contribution in [1.82, 2.24) is 5.32 Å². The number of aryl methyl sites for hydroxylation is 1. The third-order valence-electron chi connectivity index (χ3n) is 3.85. The zero-order valence-electron chi connectivity index (χ0n) is 13.9. The van der Waals surface area contributed by atoms with E-state index in [1.165, 1.54) is 0 Å². The van der Waals surface area contributed by atoms with Crippen molar-refractivity contribution in [2.45, 2.75) is 40.0 Å². The predicted octanol–water partition coefficient (Wildman–Crippen LogP) is 4.32. The van der Waals surface area contributed by atoms with E-state index in [0.717, 1.165) is 48.7 Å². The van der Waals surface area contributed by atoms with E-state index < -0.39 is 0 Å². The molecule has 0 aliphatic carbocycles. The van der Waals surface area contributed by atoms with Gasteiger partial charge in [-0.05, 0) is 49.4 Å². The van der Waals surface area contributed by atoms with Gasteiger partial charge in [-0.2, -0.15) is 0 Å². The van der Waals surface area contributed by atoms with Gasteiger partial charge in [0.05, 0.1) is 14.2 Å². The zero-order chi connectivity index (χ0) is 15.9. The lowest BCUT2D eigenvalue weighted by Crippen LogP contribution is -2.22. The van der Waals surface area contributed by atoms with Crippen molar-refractivity contribution in [2.75, 3.05) is 27.3 Å². The van der Waals surface area contributed by atoms with Crippen LogP contribution in [-0.4, -0.2) is 27.3 Å². The quantitative estimate of drug-likeness (QED) is 0.689. The highest BCUT2D eigenvalue weighted by Crippen LogP contribution is 2.35. The van der Waals surface area contributed by atoms with Crippen LogP contribution in [0.4, 0.5) is 0 Å². The third kappa shape index (κ3) is 5.76. The Morgan fingerprint density at radius 1 is 1.10 bits per heavy atom. The van der Waals surface area contributed by atoms with Crippen molar-refractivity contribution in [1.29, 1.82) is 0 Å². The number of nitrogens with one attached hydrogen (secondary N) is 1. The van der Waals surface area contributed by atoms with Crippen LogP contribution in [0.5, 0.6) is 11.5 Å². The summed E-state index contributed by atoms with van der Waals surface area (Å²) in [6.07, 6.45) is 3.19. The Kier molecular flexibility index (Phi) is 7.33. The average molecular weight is 314 g/mol. The minimum absolute atomic E-state index is 0.290. The van der Waals surface area contributed by atoms with Gasteiger partial charge in [0.2, 0.25) is 0 Å². The molecule has 0 atom stereocenters. The molecule has 0 aliphatic rings. The van der Waals surface area contributed by atoms with Crippen molar-refractivity contribution in [3.05, 3.63) is 22.7 Å². The van der Waals surface area contributed by atoms with Gasteiger partial charge in [-0.3, -0.25) is 0 Å². The van der Waals surface area contributed by atoms with Crippen LogP contribution < -0.4 is 14.8 Å². The molecule has 0 bridgehead atoms. The van der Waals surface area contributed by atoms with Gasteiger partial charge in [-0.1, -0.05) is 32.4 Å². The van der Waals surface area contributed by atoms with Crippen molar-refractivity contribution in [3.63, 3.8) is 0 Å². The highest BCUT2D eigenvalue weighted by molar-refractivity contribution is 6.31. The zero-order valence-corrected chi connectivity index (χ0v) is 14.6. The maximum Gasteiger partial charge on any atom is 0.162 e. The van der Waals surface area contributed by atoms with Gasteiger partial charge < -0.3 is 14.8 Å². The molecule has 1 N–H and O–H groups in total. The van der Waals surface area contributed by atoms with Gasteiger partial charge >= 0.3 is 0 Å². The third-order valence-corrected chi connectivity index (χ3v) is 4.20. The van der Waals surface area contributed by atoms with Gasteiger partial charge in [0.1, 0.15) is 0 Å². The highest BCUT2D eigenvalue weighted by Gasteiger charge is 2.19. The molecule has 0 heterocycles. The topological polar surface area (TPSA) is 30.5 Å². The lowest BCUT2D eigenvalue weighted by molar-refractivity contribution is 0.303. The standard InChI is InChI=1S/C17H28ClNO2/c1-6-19-10-9-17(2,3)8-7-13-11-15(20-4)16(21-5)12-14(13)18/h11-12,19H,6-10H2,1-5H3. The van der Waals surface area contributed by atoms with E-state index in [1.807, 2.05) is 12.1 Å². The molecule has 0 aromatic heterocycles. The molecule has 0 saturated heterocycles. The van der Waals surface area contributed by atoms with E-state index in [-0.39, 0.29) is 0 Å². The monoisotopic (exact) mass is 313 g/mol. The van der Waals surface area contributed by atoms with Crippen molar-refractivity contribution in [3.8, 4) is 11.5 Å². The van der Waals surface area contributed by atoms with E-state index in [0.29, 0.717) is 11.2 Å². The predicted molar refractivity (Wildman–Crippen MR) is 89.8 cm³/mol. The Hall–Kier alpha value is -0.930. The molecule has 21 heavy (non-hydrogen) atoms. The summed E-state index contributed by atoms with van der Waals surface area (Å²) < 4.78 is 10.6. The van der Waals surface area contributed by atoms with Crippen molar-refractivity contribution in [2.24, 2.45) is 5.41 Å². The molecular formula is C17H28ClNO2. The van der Waals surface area contributed by atoms with Crippen LogP contribution >= 0.6 is 11.6 Å². The van der Waals surface area contributed by atoms with Crippen LogP contribution in [0.1, 0.15) is 39.2 Å². The molecule has 120 valence electrons. The van der Waals surface area contributed by atoms with Crippen LogP contribution in [0.25, 0.3) is 0 Å². The largest absolute Gasteiger partial charge is 0.493 e. The molecule has 0 radical (unpaired) electrons. The van der Waals surface area contributed by atoms with Crippen molar-refractivity contribution < 1.29 is 9.47 Å². The van der Waals surface area contributed by atoms with E-state index in [9.17, 15) is 0 Å². The van der Waals surface area contributed by atoms with Crippen LogP contribution in [0.15, 0.2) is 12.1 Å². The highest BCUT2D eigenvalue weighted by atomic mass is 35.5. The van der Waals surface area contributed by atoms with Gasteiger partial charge in [0.15, 0.2) is 11.5 Å². The lowest BCUT2D eigenvalue weighted by Gasteiger charge is -2.25. The number of methoxy groups -OCH3 is 2. The van der Waals surface area contributed by atoms with Gasteiger partial charge in [0.25, 0.3) is 0 Å². The maximum absolute atomic E-state index is 6.34. The number of hydrogen-bond acceptors (Lipinski definition) is 3. The fourth-order valence-corrected chi connectivity index (χ4v) is 2.54. The van der Waals surface area contributed by atoms with E-state index in [1.54, 1.807) is 14.2 Å². The summed E-state index contributed by atoms with van der Waals surface area (Å²) in [5.74, 6) is 1.42. The molecule has 0 saturated carbocycles. The molecule has 1 rings (SSSR count).